The third kappa shape index (κ3) is 6.36. The summed E-state index contributed by atoms with van der Waals surface area (Å²) in [7, 11) is 0. The molecule has 11 heteroatoms. The fourth-order valence-electron chi connectivity index (χ4n) is 3.94. The number of benzene rings is 1. The summed E-state index contributed by atoms with van der Waals surface area (Å²) in [5.74, 6) is -0.348. The lowest BCUT2D eigenvalue weighted by Gasteiger charge is -2.40. The number of nitrogens with zero attached hydrogens (tertiary/aromatic N) is 1. The minimum absolute atomic E-state index is 0.0284. The quantitative estimate of drug-likeness (QED) is 0.228. The van der Waals surface area contributed by atoms with Gasteiger partial charge in [-0.1, -0.05) is 6.07 Å². The molecule has 3 rings (SSSR count). The van der Waals surface area contributed by atoms with Gasteiger partial charge in [0.15, 0.2) is 0 Å². The number of aliphatic carboxylic acids is 1. The van der Waals surface area contributed by atoms with Crippen molar-refractivity contribution in [2.45, 2.75) is 56.6 Å². The van der Waals surface area contributed by atoms with E-state index in [2.05, 4.69) is 5.32 Å². The number of nitrogens with one attached hydrogen (secondary N) is 1. The van der Waals surface area contributed by atoms with Crippen LogP contribution in [0.4, 0.5) is 0 Å². The Hall–Kier alpha value is -1.83. The molecule has 0 spiro atoms. The number of aliphatic hydroxyl groups excluding tert-OH is 4. The van der Waals surface area contributed by atoms with Gasteiger partial charge in [0.25, 0.3) is 0 Å². The maximum atomic E-state index is 10.8. The van der Waals surface area contributed by atoms with Crippen LogP contribution in [0.25, 0.3) is 0 Å². The first kappa shape index (κ1) is 24.8. The molecule has 11 nitrogen and oxygen atoms in total. The van der Waals surface area contributed by atoms with Gasteiger partial charge in [0.2, 0.25) is 0 Å². The smallest absolute Gasteiger partial charge is 0.305 e. The highest BCUT2D eigenvalue weighted by Crippen LogP contribution is 2.43. The van der Waals surface area contributed by atoms with Gasteiger partial charge < -0.3 is 39.7 Å². The molecule has 5 atom stereocenters. The summed E-state index contributed by atoms with van der Waals surface area (Å²) in [6.45, 7) is 1.72. The molecule has 1 aromatic rings. The van der Waals surface area contributed by atoms with Crippen molar-refractivity contribution in [2.24, 2.45) is 0 Å². The average Bonchev–Trinajstić information content (AvgIpc) is 2.99. The van der Waals surface area contributed by atoms with Crippen LogP contribution in [0.1, 0.15) is 49.3 Å². The van der Waals surface area contributed by atoms with Gasteiger partial charge in [-0.15, -0.1) is 0 Å². The highest BCUT2D eigenvalue weighted by Gasteiger charge is 2.44. The number of fused-ring (bicyclic) bond motifs is 1. The second-order valence-electron chi connectivity index (χ2n) is 7.83. The summed E-state index contributed by atoms with van der Waals surface area (Å²) in [6.07, 6.45) is -2.64. The van der Waals surface area contributed by atoms with E-state index in [9.17, 15) is 25.2 Å². The van der Waals surface area contributed by atoms with Crippen molar-refractivity contribution in [3.8, 4) is 5.75 Å². The number of piperidine rings is 1. The Morgan fingerprint density at radius 3 is 2.41 bits per heavy atom. The Kier molecular flexibility index (Phi) is 9.20. The van der Waals surface area contributed by atoms with Crippen molar-refractivity contribution in [1.82, 2.24) is 10.2 Å². The first-order valence-corrected chi connectivity index (χ1v) is 10.8. The monoisotopic (exact) mass is 456 g/mol. The van der Waals surface area contributed by atoms with E-state index < -0.39 is 36.9 Å². The number of ether oxygens (including phenoxy) is 3. The Labute approximate surface area is 186 Å². The van der Waals surface area contributed by atoms with Crippen LogP contribution < -0.4 is 10.1 Å². The number of aliphatic hydroxyl groups is 4. The molecule has 0 saturated carbocycles. The molecule has 0 amide bonds. The molecule has 1 saturated heterocycles. The van der Waals surface area contributed by atoms with Crippen LogP contribution in [0, 0.1) is 0 Å². The fourth-order valence-corrected chi connectivity index (χ4v) is 3.94. The second kappa shape index (κ2) is 11.9. The Balaban J connectivity index is 1.41. The van der Waals surface area contributed by atoms with Crippen molar-refractivity contribution in [2.75, 3.05) is 33.0 Å². The second-order valence-corrected chi connectivity index (χ2v) is 7.83. The highest BCUT2D eigenvalue weighted by atomic mass is 16.5. The molecule has 32 heavy (non-hydrogen) atoms. The standard InChI is InChI=1S/C21H32N2O9/c24-17-5-4-16(19(27)22-17)23-20(28)14-3-2-13(12-15(14)21(23)29)32-8-1-7-30-10-11-31-9-6-18(25)26/h2-3,12,16-17,19-22,24,27-29H,1,4-11H2,(H,25,26). The van der Waals surface area contributed by atoms with Gasteiger partial charge in [-0.05, 0) is 25.0 Å². The molecule has 0 aromatic heterocycles. The zero-order valence-electron chi connectivity index (χ0n) is 17.8. The van der Waals surface area contributed by atoms with Gasteiger partial charge in [0.1, 0.15) is 30.7 Å². The maximum absolute atomic E-state index is 10.8. The lowest BCUT2D eigenvalue weighted by atomic mass is 10.0. The van der Waals surface area contributed by atoms with Crippen LogP contribution >= 0.6 is 0 Å². The van der Waals surface area contributed by atoms with Crippen molar-refractivity contribution in [1.29, 1.82) is 0 Å². The summed E-state index contributed by atoms with van der Waals surface area (Å²) in [6, 6.07) is 4.54. The summed E-state index contributed by atoms with van der Waals surface area (Å²) in [5.41, 5.74) is 1.07. The van der Waals surface area contributed by atoms with Crippen LogP contribution in [-0.4, -0.2) is 87.9 Å². The van der Waals surface area contributed by atoms with Crippen LogP contribution in [0.15, 0.2) is 18.2 Å². The van der Waals surface area contributed by atoms with E-state index in [1.54, 1.807) is 18.2 Å². The summed E-state index contributed by atoms with van der Waals surface area (Å²) in [4.78, 5) is 11.8. The number of rotatable bonds is 12. The molecule has 2 aliphatic heterocycles. The fraction of sp³-hybridized carbons (Fsp3) is 0.667. The molecule has 180 valence electrons. The molecule has 2 heterocycles. The predicted molar refractivity (Wildman–Crippen MR) is 110 cm³/mol. The summed E-state index contributed by atoms with van der Waals surface area (Å²) < 4.78 is 16.3. The minimum atomic E-state index is -1.11. The van der Waals surface area contributed by atoms with E-state index in [0.29, 0.717) is 62.6 Å². The number of carboxylic acids is 1. The van der Waals surface area contributed by atoms with Crippen LogP contribution in [-0.2, 0) is 14.3 Å². The number of carbonyl (C=O) groups is 1. The Morgan fingerprint density at radius 1 is 0.969 bits per heavy atom. The molecule has 2 aliphatic rings. The zero-order chi connectivity index (χ0) is 23.1. The molecule has 5 unspecified atom stereocenters. The molecule has 1 aromatic carbocycles. The topological polar surface area (TPSA) is 161 Å². The van der Waals surface area contributed by atoms with Gasteiger partial charge in [-0.3, -0.25) is 10.1 Å². The largest absolute Gasteiger partial charge is 0.493 e. The van der Waals surface area contributed by atoms with E-state index in [0.717, 1.165) is 0 Å². The van der Waals surface area contributed by atoms with Crippen molar-refractivity contribution >= 4 is 5.97 Å². The van der Waals surface area contributed by atoms with Crippen LogP contribution in [0.3, 0.4) is 0 Å². The minimum Gasteiger partial charge on any atom is -0.493 e. The third-order valence-electron chi connectivity index (χ3n) is 5.56. The van der Waals surface area contributed by atoms with Gasteiger partial charge >= 0.3 is 5.97 Å². The summed E-state index contributed by atoms with van der Waals surface area (Å²) >= 11 is 0. The molecule has 0 radical (unpaired) electrons. The molecular weight excluding hydrogens is 424 g/mol. The molecule has 0 bridgehead atoms. The van der Waals surface area contributed by atoms with Gasteiger partial charge in [-0.25, -0.2) is 4.90 Å². The number of hydrogen-bond acceptors (Lipinski definition) is 10. The molecule has 1 fully saturated rings. The summed E-state index contributed by atoms with van der Waals surface area (Å²) in [5, 5.41) is 52.4. The van der Waals surface area contributed by atoms with Crippen molar-refractivity contribution < 1.29 is 44.5 Å². The molecule has 6 N–H and O–H groups in total. The van der Waals surface area contributed by atoms with E-state index in [1.165, 1.54) is 4.90 Å². The van der Waals surface area contributed by atoms with Crippen molar-refractivity contribution in [3.05, 3.63) is 29.3 Å². The van der Waals surface area contributed by atoms with Gasteiger partial charge in [0.05, 0.1) is 38.9 Å². The number of carboxylic acid groups (broad SMARTS) is 1. The van der Waals surface area contributed by atoms with E-state index in [4.69, 9.17) is 19.3 Å². The normalized spacial score (nSPS) is 27.9. The van der Waals surface area contributed by atoms with E-state index in [1.807, 2.05) is 0 Å². The first-order chi connectivity index (χ1) is 15.4. The van der Waals surface area contributed by atoms with Gasteiger partial charge in [0, 0.05) is 24.2 Å². The lowest BCUT2D eigenvalue weighted by Crippen LogP contribution is -2.57. The molecular formula is C21H32N2O9. The highest BCUT2D eigenvalue weighted by molar-refractivity contribution is 5.66. The predicted octanol–water partition coefficient (Wildman–Crippen LogP) is -0.350. The Bertz CT molecular complexity index is 750. The number of hydrogen-bond donors (Lipinski definition) is 6. The molecule has 0 aliphatic carbocycles. The van der Waals surface area contributed by atoms with E-state index in [-0.39, 0.29) is 13.0 Å². The first-order valence-electron chi connectivity index (χ1n) is 10.8. The third-order valence-corrected chi connectivity index (χ3v) is 5.56. The SMILES string of the molecule is O=C(O)CCOCCOCCCOc1ccc2c(c1)C(O)N(C1CCC(O)NC1O)C2O. The average molecular weight is 456 g/mol. The lowest BCUT2D eigenvalue weighted by molar-refractivity contribution is -0.159. The maximum Gasteiger partial charge on any atom is 0.305 e. The Morgan fingerprint density at radius 2 is 1.69 bits per heavy atom. The van der Waals surface area contributed by atoms with Crippen molar-refractivity contribution in [3.63, 3.8) is 0 Å². The van der Waals surface area contributed by atoms with E-state index >= 15 is 0 Å². The van der Waals surface area contributed by atoms with Gasteiger partial charge in [-0.2, -0.15) is 0 Å². The van der Waals surface area contributed by atoms with Crippen LogP contribution in [0.5, 0.6) is 5.75 Å². The van der Waals surface area contributed by atoms with Crippen LogP contribution in [0.2, 0.25) is 0 Å². The zero-order valence-corrected chi connectivity index (χ0v) is 17.8.